The van der Waals surface area contributed by atoms with Crippen LogP contribution in [0.15, 0.2) is 72.8 Å². The Morgan fingerprint density at radius 2 is 1.77 bits per heavy atom. The SMILES string of the molecule is C=CCOc1ccc(C(O)=C2C(=O)C(=O)N(CCOCCO)[C@@H]2c2ccccc2)cc1. The van der Waals surface area contributed by atoms with Crippen LogP contribution in [0.5, 0.6) is 5.75 Å². The number of carbonyl (C=O) groups is 2. The van der Waals surface area contributed by atoms with Crippen molar-refractivity contribution in [1.29, 1.82) is 0 Å². The second kappa shape index (κ2) is 10.6. The minimum atomic E-state index is -0.750. The summed E-state index contributed by atoms with van der Waals surface area (Å²) in [6.07, 6.45) is 1.62. The molecule has 1 aliphatic heterocycles. The molecule has 2 aromatic carbocycles. The number of ketones is 1. The predicted molar refractivity (Wildman–Crippen MR) is 115 cm³/mol. The number of Topliss-reactive ketones (excluding diaryl/α,β-unsaturated/α-hetero) is 1. The Balaban J connectivity index is 1.98. The summed E-state index contributed by atoms with van der Waals surface area (Å²) in [5.74, 6) is -1.10. The third kappa shape index (κ3) is 5.02. The monoisotopic (exact) mass is 423 g/mol. The van der Waals surface area contributed by atoms with E-state index in [9.17, 15) is 14.7 Å². The molecule has 0 radical (unpaired) electrons. The van der Waals surface area contributed by atoms with Gasteiger partial charge in [0.05, 0.1) is 31.4 Å². The van der Waals surface area contributed by atoms with Crippen LogP contribution in [0.4, 0.5) is 0 Å². The molecule has 3 rings (SSSR count). The number of amides is 1. The van der Waals surface area contributed by atoms with Gasteiger partial charge in [-0.05, 0) is 29.8 Å². The summed E-state index contributed by atoms with van der Waals surface area (Å²) in [4.78, 5) is 27.0. The predicted octanol–water partition coefficient (Wildman–Crippen LogP) is 2.68. The van der Waals surface area contributed by atoms with Crippen molar-refractivity contribution >= 4 is 17.4 Å². The number of rotatable bonds is 10. The molecule has 0 unspecified atom stereocenters. The van der Waals surface area contributed by atoms with Gasteiger partial charge in [-0.15, -0.1) is 0 Å². The number of carbonyl (C=O) groups excluding carboxylic acids is 2. The topological polar surface area (TPSA) is 96.3 Å². The summed E-state index contributed by atoms with van der Waals surface area (Å²) in [6.45, 7) is 4.26. The molecule has 1 saturated heterocycles. The van der Waals surface area contributed by atoms with Gasteiger partial charge < -0.3 is 24.6 Å². The van der Waals surface area contributed by atoms with Crippen molar-refractivity contribution < 1.29 is 29.3 Å². The molecule has 2 N–H and O–H groups in total. The quantitative estimate of drug-likeness (QED) is 0.201. The first-order valence-corrected chi connectivity index (χ1v) is 9.94. The molecule has 0 bridgehead atoms. The molecule has 1 fully saturated rings. The highest BCUT2D eigenvalue weighted by atomic mass is 16.5. The highest BCUT2D eigenvalue weighted by Gasteiger charge is 2.45. The van der Waals surface area contributed by atoms with Gasteiger partial charge in [0.25, 0.3) is 11.7 Å². The van der Waals surface area contributed by atoms with Crippen molar-refractivity contribution in [2.75, 3.05) is 33.0 Å². The van der Waals surface area contributed by atoms with Crippen LogP contribution in [-0.2, 0) is 14.3 Å². The maximum absolute atomic E-state index is 12.9. The smallest absolute Gasteiger partial charge is 0.295 e. The summed E-state index contributed by atoms with van der Waals surface area (Å²) < 4.78 is 10.7. The molecule has 0 saturated carbocycles. The summed E-state index contributed by atoms with van der Waals surface area (Å²) in [6, 6.07) is 14.9. The van der Waals surface area contributed by atoms with Crippen molar-refractivity contribution in [3.63, 3.8) is 0 Å². The van der Waals surface area contributed by atoms with Gasteiger partial charge in [0, 0.05) is 12.1 Å². The zero-order valence-corrected chi connectivity index (χ0v) is 17.1. The molecule has 162 valence electrons. The molecule has 1 aliphatic rings. The van der Waals surface area contributed by atoms with Crippen LogP contribution < -0.4 is 4.74 Å². The molecule has 31 heavy (non-hydrogen) atoms. The second-order valence-electron chi connectivity index (χ2n) is 6.86. The van der Waals surface area contributed by atoms with Gasteiger partial charge in [0.15, 0.2) is 0 Å². The lowest BCUT2D eigenvalue weighted by Gasteiger charge is -2.25. The van der Waals surface area contributed by atoms with Gasteiger partial charge in [-0.2, -0.15) is 0 Å². The van der Waals surface area contributed by atoms with Crippen LogP contribution in [-0.4, -0.2) is 59.8 Å². The molecule has 0 aliphatic carbocycles. The number of aliphatic hydroxyl groups excluding tert-OH is 2. The Labute approximate surface area is 180 Å². The van der Waals surface area contributed by atoms with Gasteiger partial charge in [-0.1, -0.05) is 43.0 Å². The van der Waals surface area contributed by atoms with E-state index >= 15 is 0 Å². The molecular formula is C24H25NO6. The van der Waals surface area contributed by atoms with Gasteiger partial charge in [0.2, 0.25) is 0 Å². The van der Waals surface area contributed by atoms with Crippen molar-refractivity contribution in [2.45, 2.75) is 6.04 Å². The van der Waals surface area contributed by atoms with Crippen LogP contribution in [0.1, 0.15) is 17.2 Å². The van der Waals surface area contributed by atoms with Crippen molar-refractivity contribution in [1.82, 2.24) is 4.90 Å². The Bertz CT molecular complexity index is 952. The molecule has 1 atom stereocenters. The minimum Gasteiger partial charge on any atom is -0.507 e. The number of nitrogens with zero attached hydrogens (tertiary/aromatic N) is 1. The molecule has 0 spiro atoms. The average molecular weight is 423 g/mol. The summed E-state index contributed by atoms with van der Waals surface area (Å²) in [5, 5.41) is 19.9. The van der Waals surface area contributed by atoms with Crippen LogP contribution in [0.25, 0.3) is 5.76 Å². The summed E-state index contributed by atoms with van der Waals surface area (Å²) in [5.41, 5.74) is 1.14. The first kappa shape index (κ1) is 22.3. The van der Waals surface area contributed by atoms with E-state index in [1.807, 2.05) is 18.2 Å². The van der Waals surface area contributed by atoms with Gasteiger partial charge >= 0.3 is 0 Å². The van der Waals surface area contributed by atoms with Crippen LogP contribution in [0.3, 0.4) is 0 Å². The first-order valence-electron chi connectivity index (χ1n) is 9.94. The molecule has 2 aromatic rings. The van der Waals surface area contributed by atoms with E-state index in [1.165, 1.54) is 4.90 Å². The summed E-state index contributed by atoms with van der Waals surface area (Å²) >= 11 is 0. The zero-order valence-electron chi connectivity index (χ0n) is 17.1. The molecular weight excluding hydrogens is 398 g/mol. The average Bonchev–Trinajstić information content (AvgIpc) is 3.06. The number of ether oxygens (including phenoxy) is 2. The minimum absolute atomic E-state index is 0.0260. The van der Waals surface area contributed by atoms with E-state index < -0.39 is 17.7 Å². The number of hydrogen-bond acceptors (Lipinski definition) is 6. The van der Waals surface area contributed by atoms with Crippen LogP contribution >= 0.6 is 0 Å². The van der Waals surface area contributed by atoms with Crippen molar-refractivity contribution in [3.8, 4) is 5.75 Å². The van der Waals surface area contributed by atoms with E-state index in [2.05, 4.69) is 6.58 Å². The third-order valence-corrected chi connectivity index (χ3v) is 4.86. The second-order valence-corrected chi connectivity index (χ2v) is 6.86. The maximum Gasteiger partial charge on any atom is 0.295 e. The lowest BCUT2D eigenvalue weighted by atomic mass is 9.95. The normalized spacial score (nSPS) is 17.7. The molecule has 7 heteroatoms. The highest BCUT2D eigenvalue weighted by molar-refractivity contribution is 6.46. The van der Waals surface area contributed by atoms with E-state index in [1.54, 1.807) is 42.5 Å². The third-order valence-electron chi connectivity index (χ3n) is 4.86. The molecule has 1 amide bonds. The van der Waals surface area contributed by atoms with Crippen molar-refractivity contribution in [3.05, 3.63) is 84.0 Å². The van der Waals surface area contributed by atoms with E-state index in [0.717, 1.165) is 0 Å². The van der Waals surface area contributed by atoms with Crippen LogP contribution in [0.2, 0.25) is 0 Å². The number of likely N-dealkylation sites (tertiary alicyclic amines) is 1. The maximum atomic E-state index is 12.9. The lowest BCUT2D eigenvalue weighted by Crippen LogP contribution is -2.33. The Morgan fingerprint density at radius 1 is 1.06 bits per heavy atom. The molecule has 7 nitrogen and oxygen atoms in total. The Morgan fingerprint density at radius 3 is 2.42 bits per heavy atom. The summed E-state index contributed by atoms with van der Waals surface area (Å²) in [7, 11) is 0. The molecule has 1 heterocycles. The molecule has 0 aromatic heterocycles. The fourth-order valence-corrected chi connectivity index (χ4v) is 3.44. The zero-order chi connectivity index (χ0) is 22.2. The number of benzene rings is 2. The van der Waals surface area contributed by atoms with Gasteiger partial charge in [-0.3, -0.25) is 9.59 Å². The van der Waals surface area contributed by atoms with E-state index in [4.69, 9.17) is 14.6 Å². The van der Waals surface area contributed by atoms with E-state index in [0.29, 0.717) is 23.5 Å². The number of aliphatic hydroxyl groups is 2. The first-order chi connectivity index (χ1) is 15.1. The largest absolute Gasteiger partial charge is 0.507 e. The van der Waals surface area contributed by atoms with Gasteiger partial charge in [-0.25, -0.2) is 0 Å². The Kier molecular flexibility index (Phi) is 7.59. The van der Waals surface area contributed by atoms with Crippen molar-refractivity contribution in [2.24, 2.45) is 0 Å². The van der Waals surface area contributed by atoms with E-state index in [-0.39, 0.29) is 37.7 Å². The Hall–Kier alpha value is -3.42. The van der Waals surface area contributed by atoms with Crippen LogP contribution in [0, 0.1) is 0 Å². The standard InChI is InChI=1S/C24H25NO6/c1-2-14-31-19-10-8-18(9-11-19)22(27)20-21(17-6-4-3-5-7-17)25(24(29)23(20)28)12-15-30-16-13-26/h2-11,21,26-27H,1,12-16H2/t21-/m1/s1. The number of hydrogen-bond donors (Lipinski definition) is 2. The highest BCUT2D eigenvalue weighted by Crippen LogP contribution is 2.39. The lowest BCUT2D eigenvalue weighted by molar-refractivity contribution is -0.140. The van der Waals surface area contributed by atoms with Gasteiger partial charge in [0.1, 0.15) is 18.1 Å². The fraction of sp³-hybridized carbons (Fsp3) is 0.250. The fourth-order valence-electron chi connectivity index (χ4n) is 3.44.